The van der Waals surface area contributed by atoms with Crippen LogP contribution in [0.3, 0.4) is 0 Å². The van der Waals surface area contributed by atoms with Crippen molar-refractivity contribution < 1.29 is 31.9 Å². The Labute approximate surface area is 276 Å². The first-order valence-electron chi connectivity index (χ1n) is 15.3. The Hall–Kier alpha value is -4.90. The normalized spacial score (nSPS) is 12.4. The van der Waals surface area contributed by atoms with Gasteiger partial charge in [0.05, 0.1) is 24.8 Å². The number of nitrogens with one attached hydrogen (secondary N) is 1. The first-order chi connectivity index (χ1) is 22.6. The minimum atomic E-state index is -4.37. The van der Waals surface area contributed by atoms with Gasteiger partial charge in [0, 0.05) is 30.6 Å². The largest absolute Gasteiger partial charge is 0.497 e. The highest BCUT2D eigenvalue weighted by molar-refractivity contribution is 7.92. The molecule has 0 bridgehead atoms. The number of sulfonamides is 1. The third kappa shape index (κ3) is 8.68. The second-order valence-corrected chi connectivity index (χ2v) is 12.9. The summed E-state index contributed by atoms with van der Waals surface area (Å²) in [6.07, 6.45) is 0.751. The standard InChI is InChI=1S/C36H40FN3O6S/c1-5-26(2)38-36(42)33(22-27-14-8-6-9-15-27)39(24-28-16-12-13-19-31(28)37)35(41)25-40(47(43,44)30-17-10-7-11-18-30)32-23-29(45-3)20-21-34(32)46-4/h6-21,23,26,33H,5,22,24-25H2,1-4H3,(H,38,42). The summed E-state index contributed by atoms with van der Waals surface area (Å²) in [5.41, 5.74) is 0.997. The smallest absolute Gasteiger partial charge is 0.264 e. The summed E-state index contributed by atoms with van der Waals surface area (Å²) in [7, 11) is -1.55. The van der Waals surface area contributed by atoms with E-state index in [1.165, 1.54) is 55.5 Å². The fourth-order valence-corrected chi connectivity index (χ4v) is 6.47. The molecule has 0 saturated heterocycles. The van der Waals surface area contributed by atoms with E-state index < -0.39 is 40.2 Å². The van der Waals surface area contributed by atoms with Crippen LogP contribution in [0.2, 0.25) is 0 Å². The summed E-state index contributed by atoms with van der Waals surface area (Å²) >= 11 is 0. The van der Waals surface area contributed by atoms with E-state index in [-0.39, 0.29) is 40.9 Å². The van der Waals surface area contributed by atoms with E-state index in [4.69, 9.17) is 9.47 Å². The highest BCUT2D eigenvalue weighted by Gasteiger charge is 2.36. The third-order valence-corrected chi connectivity index (χ3v) is 9.61. The minimum Gasteiger partial charge on any atom is -0.497 e. The number of carbonyl (C=O) groups is 2. The second kappa shape index (κ2) is 16.1. The zero-order chi connectivity index (χ0) is 34.0. The summed E-state index contributed by atoms with van der Waals surface area (Å²) in [6, 6.07) is 26.1. The summed E-state index contributed by atoms with van der Waals surface area (Å²) in [6.45, 7) is 2.76. The van der Waals surface area contributed by atoms with Crippen LogP contribution in [0.25, 0.3) is 0 Å². The van der Waals surface area contributed by atoms with Gasteiger partial charge in [-0.3, -0.25) is 13.9 Å². The molecule has 1 N–H and O–H groups in total. The number of nitrogens with zero attached hydrogens (tertiary/aromatic N) is 2. The van der Waals surface area contributed by atoms with Crippen LogP contribution in [-0.2, 0) is 32.6 Å². The number of methoxy groups -OCH3 is 2. The van der Waals surface area contributed by atoms with Gasteiger partial charge < -0.3 is 19.7 Å². The van der Waals surface area contributed by atoms with E-state index in [2.05, 4.69) is 5.32 Å². The molecular weight excluding hydrogens is 621 g/mol. The molecule has 47 heavy (non-hydrogen) atoms. The van der Waals surface area contributed by atoms with Gasteiger partial charge in [-0.15, -0.1) is 0 Å². The molecule has 2 unspecified atom stereocenters. The lowest BCUT2D eigenvalue weighted by molar-refractivity contribution is -0.140. The summed E-state index contributed by atoms with van der Waals surface area (Å²) in [5.74, 6) is -1.22. The lowest BCUT2D eigenvalue weighted by atomic mass is 10.0. The Balaban J connectivity index is 1.87. The molecule has 4 aromatic rings. The molecule has 0 spiro atoms. The zero-order valence-corrected chi connectivity index (χ0v) is 27.7. The molecule has 0 radical (unpaired) electrons. The highest BCUT2D eigenvalue weighted by Crippen LogP contribution is 2.36. The first kappa shape index (κ1) is 35.0. The fraction of sp³-hybridized carbons (Fsp3) is 0.278. The van der Waals surface area contributed by atoms with E-state index in [1.807, 2.05) is 44.2 Å². The highest BCUT2D eigenvalue weighted by atomic mass is 32.2. The molecule has 0 saturated carbocycles. The van der Waals surface area contributed by atoms with Gasteiger partial charge >= 0.3 is 0 Å². The number of rotatable bonds is 15. The molecule has 4 aromatic carbocycles. The van der Waals surface area contributed by atoms with E-state index in [9.17, 15) is 18.0 Å². The maximum absolute atomic E-state index is 15.1. The van der Waals surface area contributed by atoms with Gasteiger partial charge in [-0.2, -0.15) is 0 Å². The number of hydrogen-bond acceptors (Lipinski definition) is 6. The van der Waals surface area contributed by atoms with Gasteiger partial charge in [0.15, 0.2) is 0 Å². The van der Waals surface area contributed by atoms with Crippen LogP contribution < -0.4 is 19.1 Å². The second-order valence-electron chi connectivity index (χ2n) is 11.0. The third-order valence-electron chi connectivity index (χ3n) is 7.84. The van der Waals surface area contributed by atoms with Gasteiger partial charge in [-0.1, -0.05) is 73.7 Å². The van der Waals surface area contributed by atoms with Crippen LogP contribution in [0.4, 0.5) is 10.1 Å². The SMILES string of the molecule is CCC(C)NC(=O)C(Cc1ccccc1)N(Cc1ccccc1F)C(=O)CN(c1cc(OC)ccc1OC)S(=O)(=O)c1ccccc1. The van der Waals surface area contributed by atoms with Crippen LogP contribution in [0.1, 0.15) is 31.4 Å². The Kier molecular flexibility index (Phi) is 12.0. The van der Waals surface area contributed by atoms with Crippen molar-refractivity contribution in [3.8, 4) is 11.5 Å². The Morgan fingerprint density at radius 3 is 2.13 bits per heavy atom. The topological polar surface area (TPSA) is 105 Å². The molecule has 248 valence electrons. The van der Waals surface area contributed by atoms with Crippen molar-refractivity contribution in [1.29, 1.82) is 0 Å². The zero-order valence-electron chi connectivity index (χ0n) is 26.9. The van der Waals surface area contributed by atoms with Gasteiger partial charge in [0.1, 0.15) is 29.9 Å². The molecule has 0 aromatic heterocycles. The number of carbonyl (C=O) groups excluding carboxylic acids is 2. The quantitative estimate of drug-likeness (QED) is 0.178. The van der Waals surface area contributed by atoms with Crippen molar-refractivity contribution in [2.24, 2.45) is 0 Å². The molecule has 2 atom stereocenters. The molecule has 0 aliphatic rings. The number of benzene rings is 4. The van der Waals surface area contributed by atoms with E-state index in [0.29, 0.717) is 12.2 Å². The summed E-state index contributed by atoms with van der Waals surface area (Å²) in [5, 5.41) is 2.97. The van der Waals surface area contributed by atoms with Crippen LogP contribution in [-0.4, -0.2) is 58.0 Å². The molecular formula is C36H40FN3O6S. The van der Waals surface area contributed by atoms with Crippen molar-refractivity contribution in [3.63, 3.8) is 0 Å². The predicted molar refractivity (Wildman–Crippen MR) is 179 cm³/mol. The predicted octanol–water partition coefficient (Wildman–Crippen LogP) is 5.59. The maximum atomic E-state index is 15.1. The number of anilines is 1. The summed E-state index contributed by atoms with van der Waals surface area (Å²) < 4.78 is 55.5. The van der Waals surface area contributed by atoms with Crippen LogP contribution >= 0.6 is 0 Å². The Morgan fingerprint density at radius 1 is 0.872 bits per heavy atom. The van der Waals surface area contributed by atoms with Crippen LogP contribution in [0.15, 0.2) is 108 Å². The first-order valence-corrected chi connectivity index (χ1v) is 16.7. The van der Waals surface area contributed by atoms with Gasteiger partial charge in [-0.25, -0.2) is 12.8 Å². The van der Waals surface area contributed by atoms with Crippen LogP contribution in [0, 0.1) is 5.82 Å². The van der Waals surface area contributed by atoms with Gasteiger partial charge in [-0.05, 0) is 49.2 Å². The van der Waals surface area contributed by atoms with Crippen molar-refractivity contribution >= 4 is 27.5 Å². The molecule has 2 amide bonds. The molecule has 4 rings (SSSR count). The van der Waals surface area contributed by atoms with E-state index in [0.717, 1.165) is 9.87 Å². The van der Waals surface area contributed by atoms with Crippen molar-refractivity contribution in [2.45, 2.75) is 50.2 Å². The van der Waals surface area contributed by atoms with Gasteiger partial charge in [0.2, 0.25) is 11.8 Å². The lowest BCUT2D eigenvalue weighted by Crippen LogP contribution is -2.54. The molecule has 9 nitrogen and oxygen atoms in total. The monoisotopic (exact) mass is 661 g/mol. The Bertz CT molecular complexity index is 1760. The molecule has 11 heteroatoms. The minimum absolute atomic E-state index is 0.0542. The van der Waals surface area contributed by atoms with E-state index in [1.54, 1.807) is 36.4 Å². The summed E-state index contributed by atoms with van der Waals surface area (Å²) in [4.78, 5) is 29.7. The maximum Gasteiger partial charge on any atom is 0.264 e. The van der Waals surface area contributed by atoms with E-state index >= 15 is 4.39 Å². The van der Waals surface area contributed by atoms with Crippen molar-refractivity contribution in [2.75, 3.05) is 25.1 Å². The number of ether oxygens (including phenoxy) is 2. The number of halogens is 1. The fourth-order valence-electron chi connectivity index (χ4n) is 5.03. The number of amides is 2. The molecule has 0 aliphatic carbocycles. The van der Waals surface area contributed by atoms with Crippen LogP contribution in [0.5, 0.6) is 11.5 Å². The lowest BCUT2D eigenvalue weighted by Gasteiger charge is -2.34. The molecule has 0 fully saturated rings. The van der Waals surface area contributed by atoms with Crippen molar-refractivity contribution in [3.05, 3.63) is 120 Å². The average Bonchev–Trinajstić information content (AvgIpc) is 3.09. The van der Waals surface area contributed by atoms with Gasteiger partial charge in [0.25, 0.3) is 10.0 Å². The number of hydrogen-bond donors (Lipinski definition) is 1. The average molecular weight is 662 g/mol. The molecule has 0 heterocycles. The Morgan fingerprint density at radius 2 is 1.51 bits per heavy atom. The van der Waals surface area contributed by atoms with Crippen molar-refractivity contribution in [1.82, 2.24) is 10.2 Å². The molecule has 0 aliphatic heterocycles.